The highest BCUT2D eigenvalue weighted by atomic mass is 16.5. The number of amides is 2. The minimum Gasteiger partial charge on any atom is -0.493 e. The van der Waals surface area contributed by atoms with E-state index < -0.39 is 0 Å². The van der Waals surface area contributed by atoms with Gasteiger partial charge < -0.3 is 24.6 Å². The zero-order valence-corrected chi connectivity index (χ0v) is 17.2. The highest BCUT2D eigenvalue weighted by Gasteiger charge is 2.26. The Morgan fingerprint density at radius 1 is 1.07 bits per heavy atom. The molecule has 0 radical (unpaired) electrons. The van der Waals surface area contributed by atoms with Gasteiger partial charge in [0.15, 0.2) is 11.5 Å². The number of nitrogens with one attached hydrogen (secondary N) is 1. The molecule has 2 aliphatic heterocycles. The van der Waals surface area contributed by atoms with Gasteiger partial charge >= 0.3 is 6.03 Å². The molecule has 1 atom stereocenters. The van der Waals surface area contributed by atoms with Crippen LogP contribution in [0.15, 0.2) is 42.5 Å². The van der Waals surface area contributed by atoms with Crippen LogP contribution < -0.4 is 19.7 Å². The highest BCUT2D eigenvalue weighted by Crippen LogP contribution is 2.33. The summed E-state index contributed by atoms with van der Waals surface area (Å²) in [7, 11) is 3.28. The molecule has 2 aromatic carbocycles. The van der Waals surface area contributed by atoms with E-state index in [1.165, 1.54) is 11.3 Å². The predicted octanol–water partition coefficient (Wildman–Crippen LogP) is 3.30. The average molecular weight is 396 g/mol. The summed E-state index contributed by atoms with van der Waals surface area (Å²) in [5.74, 6) is 1.94. The topological polar surface area (TPSA) is 54.0 Å². The molecule has 1 unspecified atom stereocenters. The predicted molar refractivity (Wildman–Crippen MR) is 114 cm³/mol. The van der Waals surface area contributed by atoms with Gasteiger partial charge in [-0.05, 0) is 54.2 Å². The molecule has 1 saturated heterocycles. The molecular weight excluding hydrogens is 366 g/mol. The molecule has 4 rings (SSSR count). The van der Waals surface area contributed by atoms with Crippen molar-refractivity contribution in [2.24, 2.45) is 5.92 Å². The van der Waals surface area contributed by atoms with Gasteiger partial charge in [-0.25, -0.2) is 4.79 Å². The lowest BCUT2D eigenvalue weighted by atomic mass is 9.99. The van der Waals surface area contributed by atoms with E-state index in [1.807, 2.05) is 23.1 Å². The molecule has 2 amide bonds. The molecule has 6 heteroatoms. The van der Waals surface area contributed by atoms with E-state index in [2.05, 4.69) is 34.5 Å². The Hall–Kier alpha value is -2.89. The number of anilines is 1. The summed E-state index contributed by atoms with van der Waals surface area (Å²) < 4.78 is 10.8. The molecule has 1 N–H and O–H groups in total. The molecule has 2 aliphatic rings. The van der Waals surface area contributed by atoms with Crippen LogP contribution in [0, 0.1) is 5.92 Å². The van der Waals surface area contributed by atoms with Crippen molar-refractivity contribution < 1.29 is 14.3 Å². The van der Waals surface area contributed by atoms with E-state index in [4.69, 9.17) is 9.47 Å². The molecule has 0 aliphatic carbocycles. The number of methoxy groups -OCH3 is 2. The van der Waals surface area contributed by atoms with Crippen LogP contribution in [0.3, 0.4) is 0 Å². The van der Waals surface area contributed by atoms with E-state index in [9.17, 15) is 4.79 Å². The lowest BCUT2D eigenvalue weighted by molar-refractivity contribution is 0.190. The molecule has 6 nitrogen and oxygen atoms in total. The van der Waals surface area contributed by atoms with Gasteiger partial charge in [0.2, 0.25) is 0 Å². The number of urea groups is 1. The summed E-state index contributed by atoms with van der Waals surface area (Å²) in [5.41, 5.74) is 3.61. The Bertz CT molecular complexity index is 856. The Labute approximate surface area is 172 Å². The smallest absolute Gasteiger partial charge is 0.317 e. The lowest BCUT2D eigenvalue weighted by Crippen LogP contribution is -2.44. The molecule has 154 valence electrons. The number of benzene rings is 2. The van der Waals surface area contributed by atoms with Gasteiger partial charge in [-0.1, -0.05) is 18.2 Å². The normalized spacial score (nSPS) is 18.3. The van der Waals surface area contributed by atoms with Gasteiger partial charge in [-0.3, -0.25) is 0 Å². The Kier molecular flexibility index (Phi) is 5.79. The summed E-state index contributed by atoms with van der Waals surface area (Å²) in [6, 6.07) is 14.5. The van der Waals surface area contributed by atoms with Gasteiger partial charge in [0, 0.05) is 38.4 Å². The number of para-hydroxylation sites is 1. The van der Waals surface area contributed by atoms with Crippen LogP contribution in [0.2, 0.25) is 0 Å². The lowest BCUT2D eigenvalue weighted by Gasteiger charge is -2.30. The largest absolute Gasteiger partial charge is 0.493 e. The Morgan fingerprint density at radius 2 is 1.79 bits per heavy atom. The maximum absolute atomic E-state index is 12.7. The number of carbonyl (C=O) groups is 1. The van der Waals surface area contributed by atoms with Crippen molar-refractivity contribution in [3.63, 3.8) is 0 Å². The van der Waals surface area contributed by atoms with Crippen LogP contribution in [-0.4, -0.2) is 51.3 Å². The Balaban J connectivity index is 1.31. The molecule has 1 fully saturated rings. The van der Waals surface area contributed by atoms with Gasteiger partial charge in [0.25, 0.3) is 0 Å². The fourth-order valence-corrected chi connectivity index (χ4v) is 4.27. The standard InChI is InChI=1S/C23H29N3O3/c1-28-21-12-18-9-11-26(16-19(18)13-22(21)29-2)23(27)24-14-17-8-10-25(15-17)20-6-4-3-5-7-20/h3-7,12-13,17H,8-11,14-16H2,1-2H3,(H,24,27). The SMILES string of the molecule is COc1cc2c(cc1OC)CN(C(=O)NCC1CCN(c3ccccc3)C1)CC2. The van der Waals surface area contributed by atoms with Crippen LogP contribution >= 0.6 is 0 Å². The van der Waals surface area contributed by atoms with Gasteiger partial charge in [0.05, 0.1) is 14.2 Å². The molecular formula is C23H29N3O3. The molecule has 2 heterocycles. The first-order valence-corrected chi connectivity index (χ1v) is 10.2. The zero-order valence-electron chi connectivity index (χ0n) is 17.2. The summed E-state index contributed by atoms with van der Waals surface area (Å²) in [5, 5.41) is 3.15. The van der Waals surface area contributed by atoms with Crippen LogP contribution in [0.5, 0.6) is 11.5 Å². The first-order chi connectivity index (χ1) is 14.2. The molecule has 0 bridgehead atoms. The summed E-state index contributed by atoms with van der Waals surface area (Å²) in [6.45, 7) is 4.07. The van der Waals surface area contributed by atoms with Crippen LogP contribution in [0.1, 0.15) is 17.5 Å². The third-order valence-corrected chi connectivity index (χ3v) is 5.95. The maximum Gasteiger partial charge on any atom is 0.317 e. The Morgan fingerprint density at radius 3 is 2.52 bits per heavy atom. The van der Waals surface area contributed by atoms with Gasteiger partial charge in [0.1, 0.15) is 0 Å². The van der Waals surface area contributed by atoms with E-state index in [-0.39, 0.29) is 6.03 Å². The van der Waals surface area contributed by atoms with Crippen molar-refractivity contribution in [1.29, 1.82) is 0 Å². The second-order valence-corrected chi connectivity index (χ2v) is 7.77. The number of fused-ring (bicyclic) bond motifs is 1. The second kappa shape index (κ2) is 8.64. The molecule has 0 aromatic heterocycles. The minimum absolute atomic E-state index is 0.0172. The quantitative estimate of drug-likeness (QED) is 0.844. The van der Waals surface area contributed by atoms with Crippen molar-refractivity contribution in [1.82, 2.24) is 10.2 Å². The van der Waals surface area contributed by atoms with Crippen molar-refractivity contribution in [3.8, 4) is 11.5 Å². The van der Waals surface area contributed by atoms with Crippen molar-refractivity contribution in [2.45, 2.75) is 19.4 Å². The minimum atomic E-state index is 0.0172. The third kappa shape index (κ3) is 4.26. The van der Waals surface area contributed by atoms with Gasteiger partial charge in [-0.2, -0.15) is 0 Å². The molecule has 2 aromatic rings. The molecule has 0 spiro atoms. The third-order valence-electron chi connectivity index (χ3n) is 5.95. The van der Waals surface area contributed by atoms with Crippen LogP contribution in [0.25, 0.3) is 0 Å². The van der Waals surface area contributed by atoms with Crippen molar-refractivity contribution in [3.05, 3.63) is 53.6 Å². The first-order valence-electron chi connectivity index (χ1n) is 10.2. The van der Waals surface area contributed by atoms with Crippen LogP contribution in [-0.2, 0) is 13.0 Å². The van der Waals surface area contributed by atoms with Crippen molar-refractivity contribution in [2.75, 3.05) is 45.3 Å². The zero-order chi connectivity index (χ0) is 20.2. The monoisotopic (exact) mass is 395 g/mol. The fraction of sp³-hybridized carbons (Fsp3) is 0.435. The fourth-order valence-electron chi connectivity index (χ4n) is 4.27. The van der Waals surface area contributed by atoms with E-state index in [0.717, 1.165) is 50.3 Å². The van der Waals surface area contributed by atoms with E-state index in [1.54, 1.807) is 14.2 Å². The summed E-state index contributed by atoms with van der Waals surface area (Å²) in [4.78, 5) is 17.0. The summed E-state index contributed by atoms with van der Waals surface area (Å²) >= 11 is 0. The van der Waals surface area contributed by atoms with Gasteiger partial charge in [-0.15, -0.1) is 0 Å². The number of hydrogen-bond acceptors (Lipinski definition) is 4. The maximum atomic E-state index is 12.7. The first kappa shape index (κ1) is 19.4. The number of carbonyl (C=O) groups excluding carboxylic acids is 1. The number of rotatable bonds is 5. The number of ether oxygens (including phenoxy) is 2. The van der Waals surface area contributed by atoms with Crippen molar-refractivity contribution >= 4 is 11.7 Å². The van der Waals surface area contributed by atoms with E-state index in [0.29, 0.717) is 18.2 Å². The van der Waals surface area contributed by atoms with Crippen LogP contribution in [0.4, 0.5) is 10.5 Å². The molecule has 29 heavy (non-hydrogen) atoms. The number of hydrogen-bond donors (Lipinski definition) is 1. The highest BCUT2D eigenvalue weighted by molar-refractivity contribution is 5.74. The second-order valence-electron chi connectivity index (χ2n) is 7.77. The average Bonchev–Trinajstić information content (AvgIpc) is 3.25. The number of nitrogens with zero attached hydrogens (tertiary/aromatic N) is 2. The molecule has 0 saturated carbocycles. The summed E-state index contributed by atoms with van der Waals surface area (Å²) in [6.07, 6.45) is 1.93. The van der Waals surface area contributed by atoms with E-state index >= 15 is 0 Å².